The normalized spacial score (nSPS) is 11.9. The van der Waals surface area contributed by atoms with E-state index in [0.717, 1.165) is 5.57 Å². The lowest BCUT2D eigenvalue weighted by Crippen LogP contribution is -2.09. The molecule has 0 aliphatic heterocycles. The highest BCUT2D eigenvalue weighted by atomic mass is 31.2. The van der Waals surface area contributed by atoms with Gasteiger partial charge in [-0.3, -0.25) is 9.36 Å². The molecule has 0 amide bonds. The van der Waals surface area contributed by atoms with Gasteiger partial charge in [0, 0.05) is 6.42 Å². The fourth-order valence-electron chi connectivity index (χ4n) is 1.26. The van der Waals surface area contributed by atoms with Crippen LogP contribution < -0.4 is 0 Å². The Hall–Kier alpha value is -0.640. The SMILES string of the molecule is CC=C(C)CP(=O)(OCC)OCC.CCC(=O)OC(C)C. The molecule has 0 aliphatic carbocycles. The molecule has 0 unspecified atom stereocenters. The van der Waals surface area contributed by atoms with Crippen LogP contribution in [0.25, 0.3) is 0 Å². The van der Waals surface area contributed by atoms with E-state index in [9.17, 15) is 9.36 Å². The number of allylic oxidation sites excluding steroid dienone is 2. The van der Waals surface area contributed by atoms with Crippen molar-refractivity contribution in [3.8, 4) is 0 Å². The van der Waals surface area contributed by atoms with Crippen molar-refractivity contribution in [2.75, 3.05) is 19.4 Å². The molecule has 5 nitrogen and oxygen atoms in total. The summed E-state index contributed by atoms with van der Waals surface area (Å²) in [5.74, 6) is -0.125. The largest absolute Gasteiger partial charge is 0.463 e. The van der Waals surface area contributed by atoms with Crippen LogP contribution in [0.4, 0.5) is 0 Å². The minimum Gasteiger partial charge on any atom is -0.463 e. The van der Waals surface area contributed by atoms with Crippen LogP contribution in [-0.4, -0.2) is 31.4 Å². The van der Waals surface area contributed by atoms with Crippen LogP contribution in [0.1, 0.15) is 54.9 Å². The number of ether oxygens (including phenoxy) is 1. The fourth-order valence-corrected chi connectivity index (χ4v) is 3.10. The van der Waals surface area contributed by atoms with Gasteiger partial charge in [-0.05, 0) is 41.5 Å². The monoisotopic (exact) mass is 322 g/mol. The number of carbonyl (C=O) groups is 1. The molecule has 0 radical (unpaired) electrons. The van der Waals surface area contributed by atoms with Gasteiger partial charge in [0.25, 0.3) is 0 Å². The third-order valence-electron chi connectivity index (χ3n) is 2.24. The molecule has 21 heavy (non-hydrogen) atoms. The second kappa shape index (κ2) is 13.1. The summed E-state index contributed by atoms with van der Waals surface area (Å²) < 4.78 is 26.9. The lowest BCUT2D eigenvalue weighted by molar-refractivity contribution is -0.146. The molecule has 126 valence electrons. The van der Waals surface area contributed by atoms with Crippen LogP contribution in [-0.2, 0) is 23.1 Å². The highest BCUT2D eigenvalue weighted by Gasteiger charge is 2.23. The first-order valence-electron chi connectivity index (χ1n) is 7.43. The zero-order valence-electron chi connectivity index (χ0n) is 14.5. The van der Waals surface area contributed by atoms with Gasteiger partial charge in [-0.25, -0.2) is 0 Å². The van der Waals surface area contributed by atoms with Gasteiger partial charge in [0.2, 0.25) is 0 Å². The van der Waals surface area contributed by atoms with Gasteiger partial charge >= 0.3 is 13.6 Å². The molecule has 0 aliphatic rings. The van der Waals surface area contributed by atoms with Crippen molar-refractivity contribution in [1.29, 1.82) is 0 Å². The Balaban J connectivity index is 0. The Morgan fingerprint density at radius 1 is 1.14 bits per heavy atom. The second-order valence-corrected chi connectivity index (χ2v) is 6.69. The summed E-state index contributed by atoms with van der Waals surface area (Å²) in [7, 11) is -2.86. The summed E-state index contributed by atoms with van der Waals surface area (Å²) in [4.78, 5) is 10.4. The smallest absolute Gasteiger partial charge is 0.334 e. The predicted octanol–water partition coefficient (Wildman–Crippen LogP) is 4.57. The Morgan fingerprint density at radius 2 is 1.62 bits per heavy atom. The average molecular weight is 322 g/mol. The Morgan fingerprint density at radius 3 is 1.86 bits per heavy atom. The molecule has 0 saturated heterocycles. The third kappa shape index (κ3) is 14.1. The van der Waals surface area contributed by atoms with Gasteiger partial charge in [0.15, 0.2) is 0 Å². The molecule has 6 heteroatoms. The Bertz CT molecular complexity index is 340. The van der Waals surface area contributed by atoms with Gasteiger partial charge in [-0.1, -0.05) is 18.6 Å². The summed E-state index contributed by atoms with van der Waals surface area (Å²) >= 11 is 0. The molecule has 0 spiro atoms. The van der Waals surface area contributed by atoms with Gasteiger partial charge in [0.1, 0.15) is 0 Å². The maximum Gasteiger partial charge on any atom is 0.334 e. The molecule has 0 rings (SSSR count). The minimum absolute atomic E-state index is 0.0300. The molecular formula is C15H31O5P. The molecule has 0 N–H and O–H groups in total. The van der Waals surface area contributed by atoms with Gasteiger partial charge in [0.05, 0.1) is 25.5 Å². The van der Waals surface area contributed by atoms with Crippen molar-refractivity contribution in [3.63, 3.8) is 0 Å². The first-order chi connectivity index (χ1) is 9.74. The number of carbonyl (C=O) groups excluding carboxylic acids is 1. The topological polar surface area (TPSA) is 61.8 Å². The summed E-state index contributed by atoms with van der Waals surface area (Å²) in [5, 5.41) is 0. The van der Waals surface area contributed by atoms with Crippen molar-refractivity contribution in [2.24, 2.45) is 0 Å². The van der Waals surface area contributed by atoms with Crippen molar-refractivity contribution in [1.82, 2.24) is 0 Å². The van der Waals surface area contributed by atoms with Crippen molar-refractivity contribution in [2.45, 2.75) is 61.0 Å². The van der Waals surface area contributed by atoms with E-state index in [0.29, 0.717) is 25.8 Å². The van der Waals surface area contributed by atoms with E-state index in [-0.39, 0.29) is 12.1 Å². The van der Waals surface area contributed by atoms with E-state index in [2.05, 4.69) is 0 Å². The minimum atomic E-state index is -2.86. The van der Waals surface area contributed by atoms with Crippen LogP contribution in [0.3, 0.4) is 0 Å². The van der Waals surface area contributed by atoms with E-state index in [1.807, 2.05) is 47.6 Å². The first kappa shape index (κ1) is 22.6. The summed E-state index contributed by atoms with van der Waals surface area (Å²) in [6.07, 6.45) is 2.82. The molecule has 0 heterocycles. The lowest BCUT2D eigenvalue weighted by atomic mass is 10.3. The molecule has 0 bridgehead atoms. The van der Waals surface area contributed by atoms with Crippen molar-refractivity contribution < 1.29 is 23.1 Å². The Kier molecular flexibility index (Phi) is 14.1. The van der Waals surface area contributed by atoms with Crippen LogP contribution in [0.2, 0.25) is 0 Å². The standard InChI is InChI=1S/C9H19O3P.C6H12O2/c1-5-9(4)8-13(10,11-6-2)12-7-3;1-4-6(7)8-5(2)3/h5H,6-8H2,1-4H3;5H,4H2,1-3H3. The van der Waals surface area contributed by atoms with E-state index >= 15 is 0 Å². The third-order valence-corrected chi connectivity index (χ3v) is 4.43. The average Bonchev–Trinajstić information content (AvgIpc) is 2.38. The quantitative estimate of drug-likeness (QED) is 0.372. The second-order valence-electron chi connectivity index (χ2n) is 4.63. The molecule has 0 saturated carbocycles. The van der Waals surface area contributed by atoms with E-state index in [1.165, 1.54) is 0 Å². The number of rotatable bonds is 8. The zero-order valence-corrected chi connectivity index (χ0v) is 15.4. The van der Waals surface area contributed by atoms with E-state index < -0.39 is 7.60 Å². The molecular weight excluding hydrogens is 291 g/mol. The van der Waals surface area contributed by atoms with Crippen LogP contribution in [0.5, 0.6) is 0 Å². The van der Waals surface area contributed by atoms with Crippen LogP contribution >= 0.6 is 7.60 Å². The molecule has 0 aromatic carbocycles. The lowest BCUT2D eigenvalue weighted by Gasteiger charge is -2.16. The first-order valence-corrected chi connectivity index (χ1v) is 9.16. The maximum absolute atomic E-state index is 11.9. The molecule has 0 fully saturated rings. The number of hydrogen-bond acceptors (Lipinski definition) is 5. The summed E-state index contributed by atoms with van der Waals surface area (Å²) in [6.45, 7) is 13.8. The summed E-state index contributed by atoms with van der Waals surface area (Å²) in [6, 6.07) is 0. The zero-order chi connectivity index (χ0) is 16.9. The van der Waals surface area contributed by atoms with E-state index in [4.69, 9.17) is 13.8 Å². The van der Waals surface area contributed by atoms with Gasteiger partial charge < -0.3 is 13.8 Å². The predicted molar refractivity (Wildman–Crippen MR) is 86.7 cm³/mol. The highest BCUT2D eigenvalue weighted by Crippen LogP contribution is 2.49. The fraction of sp³-hybridized carbons (Fsp3) is 0.800. The van der Waals surface area contributed by atoms with Gasteiger partial charge in [-0.15, -0.1) is 0 Å². The van der Waals surface area contributed by atoms with Crippen molar-refractivity contribution >= 4 is 13.6 Å². The van der Waals surface area contributed by atoms with Crippen LogP contribution in [0, 0.1) is 0 Å². The maximum atomic E-state index is 11.9. The van der Waals surface area contributed by atoms with Crippen molar-refractivity contribution in [3.05, 3.63) is 11.6 Å². The number of hydrogen-bond donors (Lipinski definition) is 0. The van der Waals surface area contributed by atoms with Gasteiger partial charge in [-0.2, -0.15) is 0 Å². The molecule has 0 aromatic rings. The highest BCUT2D eigenvalue weighted by molar-refractivity contribution is 7.54. The van der Waals surface area contributed by atoms with Crippen LogP contribution in [0.15, 0.2) is 11.6 Å². The van der Waals surface area contributed by atoms with E-state index in [1.54, 1.807) is 6.92 Å². The molecule has 0 aromatic heterocycles. The molecule has 0 atom stereocenters. The Labute approximate surface area is 129 Å². The number of esters is 1. The summed E-state index contributed by atoms with van der Waals surface area (Å²) in [5.41, 5.74) is 1.03.